The molecule has 4 atom stereocenters. The SMILES string of the molecule is CC(N)CCCC(C)CN1CCC2CCCCC21. The van der Waals surface area contributed by atoms with E-state index in [0.717, 1.165) is 17.9 Å². The summed E-state index contributed by atoms with van der Waals surface area (Å²) in [5.41, 5.74) is 5.82. The van der Waals surface area contributed by atoms with Gasteiger partial charge >= 0.3 is 0 Å². The summed E-state index contributed by atoms with van der Waals surface area (Å²) in [6.45, 7) is 7.25. The summed E-state index contributed by atoms with van der Waals surface area (Å²) in [6, 6.07) is 1.32. The molecule has 1 aliphatic carbocycles. The van der Waals surface area contributed by atoms with Crippen LogP contribution in [-0.2, 0) is 0 Å². The van der Waals surface area contributed by atoms with E-state index < -0.39 is 0 Å². The molecule has 0 aromatic carbocycles. The number of hydrogen-bond acceptors (Lipinski definition) is 2. The summed E-state index contributed by atoms with van der Waals surface area (Å²) in [7, 11) is 0. The van der Waals surface area contributed by atoms with Gasteiger partial charge in [0, 0.05) is 18.6 Å². The van der Waals surface area contributed by atoms with Crippen molar-refractivity contribution in [3.05, 3.63) is 0 Å². The van der Waals surface area contributed by atoms with Gasteiger partial charge in [-0.3, -0.25) is 4.90 Å². The molecule has 2 fully saturated rings. The van der Waals surface area contributed by atoms with E-state index in [1.54, 1.807) is 0 Å². The molecule has 0 radical (unpaired) electrons. The molecule has 2 heteroatoms. The molecule has 1 heterocycles. The molecule has 18 heavy (non-hydrogen) atoms. The molecule has 0 amide bonds. The van der Waals surface area contributed by atoms with Crippen LogP contribution < -0.4 is 5.73 Å². The summed E-state index contributed by atoms with van der Waals surface area (Å²) in [5, 5.41) is 0. The van der Waals surface area contributed by atoms with E-state index in [0.29, 0.717) is 6.04 Å². The second kappa shape index (κ2) is 6.91. The van der Waals surface area contributed by atoms with Crippen molar-refractivity contribution in [2.45, 2.75) is 77.3 Å². The fourth-order valence-corrected chi connectivity index (χ4v) is 4.01. The fourth-order valence-electron chi connectivity index (χ4n) is 4.01. The molecule has 0 aromatic rings. The van der Waals surface area contributed by atoms with Crippen LogP contribution in [0.5, 0.6) is 0 Å². The van der Waals surface area contributed by atoms with Gasteiger partial charge in [-0.25, -0.2) is 0 Å². The van der Waals surface area contributed by atoms with Crippen molar-refractivity contribution in [1.82, 2.24) is 4.90 Å². The van der Waals surface area contributed by atoms with Crippen LogP contribution in [0.3, 0.4) is 0 Å². The van der Waals surface area contributed by atoms with E-state index in [-0.39, 0.29) is 0 Å². The predicted molar refractivity (Wildman–Crippen MR) is 78.6 cm³/mol. The Bertz CT molecular complexity index is 239. The van der Waals surface area contributed by atoms with Crippen molar-refractivity contribution < 1.29 is 0 Å². The van der Waals surface area contributed by atoms with Crippen molar-refractivity contribution in [1.29, 1.82) is 0 Å². The third kappa shape index (κ3) is 3.96. The predicted octanol–water partition coefficient (Wildman–Crippen LogP) is 3.40. The molecule has 2 aliphatic rings. The van der Waals surface area contributed by atoms with E-state index in [4.69, 9.17) is 5.73 Å². The molecule has 2 nitrogen and oxygen atoms in total. The topological polar surface area (TPSA) is 29.3 Å². The zero-order valence-electron chi connectivity index (χ0n) is 12.4. The lowest BCUT2D eigenvalue weighted by atomic mass is 9.85. The molecular formula is C16H32N2. The maximum absolute atomic E-state index is 5.82. The summed E-state index contributed by atoms with van der Waals surface area (Å²) in [4.78, 5) is 2.81. The zero-order valence-corrected chi connectivity index (χ0v) is 12.4. The first-order valence-corrected chi connectivity index (χ1v) is 8.16. The largest absolute Gasteiger partial charge is 0.328 e. The van der Waals surface area contributed by atoms with Crippen LogP contribution in [0.4, 0.5) is 0 Å². The lowest BCUT2D eigenvalue weighted by Gasteiger charge is -2.33. The van der Waals surface area contributed by atoms with E-state index >= 15 is 0 Å². The molecule has 0 spiro atoms. The molecule has 0 aromatic heterocycles. The molecule has 1 saturated carbocycles. The first kappa shape index (κ1) is 14.3. The molecule has 4 unspecified atom stereocenters. The van der Waals surface area contributed by atoms with Gasteiger partial charge < -0.3 is 5.73 Å². The van der Waals surface area contributed by atoms with Gasteiger partial charge in [-0.2, -0.15) is 0 Å². The van der Waals surface area contributed by atoms with Crippen molar-refractivity contribution in [2.24, 2.45) is 17.6 Å². The summed E-state index contributed by atoms with van der Waals surface area (Å²) in [6.07, 6.45) is 11.2. The minimum absolute atomic E-state index is 0.381. The molecule has 1 saturated heterocycles. The third-order valence-corrected chi connectivity index (χ3v) is 5.03. The van der Waals surface area contributed by atoms with Gasteiger partial charge in [-0.1, -0.05) is 26.2 Å². The Morgan fingerprint density at radius 2 is 1.89 bits per heavy atom. The highest BCUT2D eigenvalue weighted by molar-refractivity contribution is 4.90. The Balaban J connectivity index is 1.69. The highest BCUT2D eigenvalue weighted by Gasteiger charge is 2.35. The van der Waals surface area contributed by atoms with Crippen LogP contribution in [0.2, 0.25) is 0 Å². The average molecular weight is 252 g/mol. The van der Waals surface area contributed by atoms with Crippen LogP contribution >= 0.6 is 0 Å². The summed E-state index contributed by atoms with van der Waals surface area (Å²) >= 11 is 0. The van der Waals surface area contributed by atoms with Crippen LogP contribution in [0.25, 0.3) is 0 Å². The van der Waals surface area contributed by atoms with Gasteiger partial charge in [-0.15, -0.1) is 0 Å². The van der Waals surface area contributed by atoms with Gasteiger partial charge in [0.15, 0.2) is 0 Å². The van der Waals surface area contributed by atoms with Gasteiger partial charge in [0.05, 0.1) is 0 Å². The number of nitrogens with zero attached hydrogens (tertiary/aromatic N) is 1. The fraction of sp³-hybridized carbons (Fsp3) is 1.00. The molecule has 1 aliphatic heterocycles. The lowest BCUT2D eigenvalue weighted by Crippen LogP contribution is -2.37. The third-order valence-electron chi connectivity index (χ3n) is 5.03. The number of fused-ring (bicyclic) bond motifs is 1. The molecule has 2 rings (SSSR count). The molecule has 2 N–H and O–H groups in total. The van der Waals surface area contributed by atoms with E-state index in [1.165, 1.54) is 64.5 Å². The van der Waals surface area contributed by atoms with Crippen LogP contribution in [0, 0.1) is 11.8 Å². The van der Waals surface area contributed by atoms with Gasteiger partial charge in [0.25, 0.3) is 0 Å². The Hall–Kier alpha value is -0.0800. The van der Waals surface area contributed by atoms with Crippen molar-refractivity contribution in [3.63, 3.8) is 0 Å². The van der Waals surface area contributed by atoms with E-state index in [1.807, 2.05) is 0 Å². The normalized spacial score (nSPS) is 32.2. The van der Waals surface area contributed by atoms with Crippen LogP contribution in [0.1, 0.15) is 65.2 Å². The molecular weight excluding hydrogens is 220 g/mol. The summed E-state index contributed by atoms with van der Waals surface area (Å²) < 4.78 is 0. The van der Waals surface area contributed by atoms with Crippen molar-refractivity contribution in [3.8, 4) is 0 Å². The number of nitrogens with two attached hydrogens (primary N) is 1. The quantitative estimate of drug-likeness (QED) is 0.785. The summed E-state index contributed by atoms with van der Waals surface area (Å²) in [5.74, 6) is 1.89. The zero-order chi connectivity index (χ0) is 13.0. The van der Waals surface area contributed by atoms with Gasteiger partial charge in [0.2, 0.25) is 0 Å². The van der Waals surface area contributed by atoms with Crippen molar-refractivity contribution >= 4 is 0 Å². The molecule has 106 valence electrons. The molecule has 0 bridgehead atoms. The number of hydrogen-bond donors (Lipinski definition) is 1. The first-order chi connectivity index (χ1) is 8.66. The van der Waals surface area contributed by atoms with E-state index in [2.05, 4.69) is 18.7 Å². The lowest BCUT2D eigenvalue weighted by molar-refractivity contribution is 0.160. The van der Waals surface area contributed by atoms with Crippen LogP contribution in [0.15, 0.2) is 0 Å². The average Bonchev–Trinajstić information content (AvgIpc) is 2.72. The Morgan fingerprint density at radius 3 is 2.67 bits per heavy atom. The van der Waals surface area contributed by atoms with E-state index in [9.17, 15) is 0 Å². The monoisotopic (exact) mass is 252 g/mol. The Labute approximate surface area is 113 Å². The maximum atomic E-state index is 5.82. The second-order valence-corrected chi connectivity index (χ2v) is 6.91. The number of likely N-dealkylation sites (tertiary alicyclic amines) is 1. The van der Waals surface area contributed by atoms with Crippen molar-refractivity contribution in [2.75, 3.05) is 13.1 Å². The second-order valence-electron chi connectivity index (χ2n) is 6.91. The standard InChI is InChI=1S/C16H32N2/c1-13(6-5-7-14(2)17)12-18-11-10-15-8-3-4-9-16(15)18/h13-16H,3-12,17H2,1-2H3. The van der Waals surface area contributed by atoms with Gasteiger partial charge in [-0.05, 0) is 57.4 Å². The number of rotatable bonds is 6. The maximum Gasteiger partial charge on any atom is 0.0124 e. The minimum Gasteiger partial charge on any atom is -0.328 e. The highest BCUT2D eigenvalue weighted by Crippen LogP contribution is 2.36. The van der Waals surface area contributed by atoms with Gasteiger partial charge in [0.1, 0.15) is 0 Å². The first-order valence-electron chi connectivity index (χ1n) is 8.16. The Kier molecular flexibility index (Phi) is 5.50. The smallest absolute Gasteiger partial charge is 0.0124 e. The highest BCUT2D eigenvalue weighted by atomic mass is 15.2. The minimum atomic E-state index is 0.381. The van der Waals surface area contributed by atoms with Crippen LogP contribution in [-0.4, -0.2) is 30.1 Å². The Morgan fingerprint density at radius 1 is 1.11 bits per heavy atom.